The van der Waals surface area contributed by atoms with E-state index >= 15 is 0 Å². The van der Waals surface area contributed by atoms with Crippen molar-refractivity contribution in [1.82, 2.24) is 9.78 Å². The lowest BCUT2D eigenvalue weighted by molar-refractivity contribution is 0.0688. The maximum atomic E-state index is 11.4. The largest absolute Gasteiger partial charge is 0.476 e. The van der Waals surface area contributed by atoms with Crippen molar-refractivity contribution in [3.63, 3.8) is 0 Å². The number of carbonyl (C=O) groups is 1. The van der Waals surface area contributed by atoms with Crippen LogP contribution in [0.15, 0.2) is 24.3 Å². The van der Waals surface area contributed by atoms with E-state index in [1.807, 2.05) is 35.9 Å². The molecule has 1 aromatic carbocycles. The molecule has 1 aliphatic carbocycles. The summed E-state index contributed by atoms with van der Waals surface area (Å²) in [5, 5.41) is 13.7. The van der Waals surface area contributed by atoms with Crippen LogP contribution in [0.5, 0.6) is 0 Å². The summed E-state index contributed by atoms with van der Waals surface area (Å²) in [6, 6.07) is 8.04. The molecule has 0 saturated carbocycles. The summed E-state index contributed by atoms with van der Waals surface area (Å²) in [7, 11) is 0. The van der Waals surface area contributed by atoms with Gasteiger partial charge in [0.25, 0.3) is 0 Å². The Bertz CT molecular complexity index is 658. The molecule has 0 fully saturated rings. The zero-order chi connectivity index (χ0) is 14.1. The van der Waals surface area contributed by atoms with Gasteiger partial charge in [0, 0.05) is 11.3 Å². The van der Waals surface area contributed by atoms with E-state index in [-0.39, 0.29) is 5.69 Å². The van der Waals surface area contributed by atoms with E-state index in [0.717, 1.165) is 54.6 Å². The van der Waals surface area contributed by atoms with Crippen LogP contribution in [-0.4, -0.2) is 20.9 Å². The Morgan fingerprint density at radius 3 is 2.80 bits per heavy atom. The molecule has 1 heterocycles. The van der Waals surface area contributed by atoms with Gasteiger partial charge in [-0.15, -0.1) is 0 Å². The standard InChI is InChI=1S/C16H18N2O2/c1-11-6-5-7-12(10-11)18-14-9-4-2-3-8-13(14)15(17-18)16(19)20/h5-7,10H,2-4,8-9H2,1H3,(H,19,20). The van der Waals surface area contributed by atoms with E-state index in [1.165, 1.54) is 0 Å². The number of benzene rings is 1. The van der Waals surface area contributed by atoms with E-state index in [4.69, 9.17) is 0 Å². The van der Waals surface area contributed by atoms with E-state index < -0.39 is 5.97 Å². The van der Waals surface area contributed by atoms with Gasteiger partial charge >= 0.3 is 5.97 Å². The zero-order valence-corrected chi connectivity index (χ0v) is 11.6. The van der Waals surface area contributed by atoms with E-state index in [9.17, 15) is 9.90 Å². The SMILES string of the molecule is Cc1cccc(-n2nc(C(=O)O)c3c2CCCCC3)c1. The van der Waals surface area contributed by atoms with Crippen molar-refractivity contribution in [3.05, 3.63) is 46.8 Å². The summed E-state index contributed by atoms with van der Waals surface area (Å²) in [4.78, 5) is 11.4. The van der Waals surface area contributed by atoms with Crippen LogP contribution in [0, 0.1) is 6.92 Å². The molecule has 1 aromatic heterocycles. The molecule has 4 nitrogen and oxygen atoms in total. The average molecular weight is 270 g/mol. The lowest BCUT2D eigenvalue weighted by Gasteiger charge is -2.08. The molecule has 1 N–H and O–H groups in total. The summed E-state index contributed by atoms with van der Waals surface area (Å²) in [6.07, 6.45) is 5.03. The second-order valence-corrected chi connectivity index (χ2v) is 5.39. The molecular formula is C16H18N2O2. The fraction of sp³-hybridized carbons (Fsp3) is 0.375. The van der Waals surface area contributed by atoms with Gasteiger partial charge in [0.15, 0.2) is 5.69 Å². The second kappa shape index (κ2) is 5.12. The predicted octanol–water partition coefficient (Wildman–Crippen LogP) is 3.15. The summed E-state index contributed by atoms with van der Waals surface area (Å²) >= 11 is 0. The Morgan fingerprint density at radius 2 is 2.05 bits per heavy atom. The molecule has 0 atom stereocenters. The molecule has 0 amide bonds. The maximum Gasteiger partial charge on any atom is 0.356 e. The Hall–Kier alpha value is -2.10. The average Bonchev–Trinajstić information content (AvgIpc) is 2.61. The van der Waals surface area contributed by atoms with Gasteiger partial charge in [-0.1, -0.05) is 18.6 Å². The number of aromatic carboxylic acids is 1. The van der Waals surface area contributed by atoms with Crippen molar-refractivity contribution in [2.24, 2.45) is 0 Å². The number of hydrogen-bond acceptors (Lipinski definition) is 2. The Balaban J connectivity index is 2.18. The molecule has 0 saturated heterocycles. The first-order valence-corrected chi connectivity index (χ1v) is 7.08. The zero-order valence-electron chi connectivity index (χ0n) is 11.6. The van der Waals surface area contributed by atoms with E-state index in [2.05, 4.69) is 5.10 Å². The van der Waals surface area contributed by atoms with Gasteiger partial charge in [-0.2, -0.15) is 5.10 Å². The minimum atomic E-state index is -0.922. The minimum absolute atomic E-state index is 0.225. The first kappa shape index (κ1) is 12.9. The molecule has 0 aliphatic heterocycles. The Kier molecular flexibility index (Phi) is 3.30. The highest BCUT2D eigenvalue weighted by Crippen LogP contribution is 2.26. The van der Waals surface area contributed by atoms with Crippen LogP contribution < -0.4 is 0 Å². The van der Waals surface area contributed by atoms with Crippen molar-refractivity contribution < 1.29 is 9.90 Å². The van der Waals surface area contributed by atoms with E-state index in [1.54, 1.807) is 0 Å². The van der Waals surface area contributed by atoms with E-state index in [0.29, 0.717) is 0 Å². The number of carboxylic acid groups (broad SMARTS) is 1. The van der Waals surface area contributed by atoms with Crippen LogP contribution in [0.25, 0.3) is 5.69 Å². The van der Waals surface area contributed by atoms with Crippen LogP contribution in [0.2, 0.25) is 0 Å². The summed E-state index contributed by atoms with van der Waals surface area (Å²) in [5.41, 5.74) is 4.33. The van der Waals surface area contributed by atoms with Crippen LogP contribution in [0.4, 0.5) is 0 Å². The van der Waals surface area contributed by atoms with Crippen molar-refractivity contribution in [3.8, 4) is 5.69 Å². The molecule has 3 rings (SSSR count). The molecule has 0 radical (unpaired) electrons. The minimum Gasteiger partial charge on any atom is -0.476 e. The smallest absolute Gasteiger partial charge is 0.356 e. The molecule has 2 aromatic rings. The molecule has 1 aliphatic rings. The number of aryl methyl sites for hydroxylation is 1. The van der Waals surface area contributed by atoms with Crippen LogP contribution in [0.3, 0.4) is 0 Å². The Morgan fingerprint density at radius 1 is 1.25 bits per heavy atom. The highest BCUT2D eigenvalue weighted by Gasteiger charge is 2.24. The first-order valence-electron chi connectivity index (χ1n) is 7.08. The molecule has 0 unspecified atom stereocenters. The lowest BCUT2D eigenvalue weighted by atomic mass is 10.1. The number of hydrogen-bond donors (Lipinski definition) is 1. The number of carboxylic acids is 1. The van der Waals surface area contributed by atoms with Gasteiger partial charge in [0.05, 0.1) is 5.69 Å². The number of aromatic nitrogens is 2. The summed E-state index contributed by atoms with van der Waals surface area (Å²) < 4.78 is 1.83. The van der Waals surface area contributed by atoms with Crippen molar-refractivity contribution >= 4 is 5.97 Å². The van der Waals surface area contributed by atoms with Crippen molar-refractivity contribution in [1.29, 1.82) is 0 Å². The van der Waals surface area contributed by atoms with Gasteiger partial charge < -0.3 is 5.11 Å². The normalized spacial score (nSPS) is 14.7. The van der Waals surface area contributed by atoms with Crippen LogP contribution in [-0.2, 0) is 12.8 Å². The monoisotopic (exact) mass is 270 g/mol. The van der Waals surface area contributed by atoms with Gasteiger partial charge in [0.2, 0.25) is 0 Å². The third-order valence-corrected chi connectivity index (χ3v) is 3.88. The maximum absolute atomic E-state index is 11.4. The third kappa shape index (κ3) is 2.22. The quantitative estimate of drug-likeness (QED) is 0.853. The number of rotatable bonds is 2. The van der Waals surface area contributed by atoms with Crippen molar-refractivity contribution in [2.75, 3.05) is 0 Å². The first-order chi connectivity index (χ1) is 9.66. The molecular weight excluding hydrogens is 252 g/mol. The summed E-state index contributed by atoms with van der Waals surface area (Å²) in [5.74, 6) is -0.922. The fourth-order valence-electron chi connectivity index (χ4n) is 2.92. The van der Waals surface area contributed by atoms with Gasteiger partial charge in [-0.05, 0) is 50.3 Å². The highest BCUT2D eigenvalue weighted by molar-refractivity contribution is 5.87. The molecule has 0 spiro atoms. The fourth-order valence-corrected chi connectivity index (χ4v) is 2.92. The van der Waals surface area contributed by atoms with Crippen LogP contribution in [0.1, 0.15) is 46.6 Å². The lowest BCUT2D eigenvalue weighted by Crippen LogP contribution is -2.04. The molecule has 20 heavy (non-hydrogen) atoms. The highest BCUT2D eigenvalue weighted by atomic mass is 16.4. The van der Waals surface area contributed by atoms with Crippen LogP contribution >= 0.6 is 0 Å². The molecule has 104 valence electrons. The molecule has 4 heteroatoms. The summed E-state index contributed by atoms with van der Waals surface area (Å²) in [6.45, 7) is 2.03. The van der Waals surface area contributed by atoms with Crippen molar-refractivity contribution in [2.45, 2.75) is 39.0 Å². The van der Waals surface area contributed by atoms with Gasteiger partial charge in [0.1, 0.15) is 0 Å². The second-order valence-electron chi connectivity index (χ2n) is 5.39. The topological polar surface area (TPSA) is 55.1 Å². The number of nitrogens with zero attached hydrogens (tertiary/aromatic N) is 2. The van der Waals surface area contributed by atoms with Gasteiger partial charge in [-0.25, -0.2) is 9.48 Å². The number of fused-ring (bicyclic) bond motifs is 1. The van der Waals surface area contributed by atoms with Gasteiger partial charge in [-0.3, -0.25) is 0 Å². The molecule has 0 bridgehead atoms. The predicted molar refractivity (Wildman–Crippen MR) is 76.5 cm³/mol. The Labute approximate surface area is 118 Å². The third-order valence-electron chi connectivity index (χ3n) is 3.88.